The Hall–Kier alpha value is -3.18. The van der Waals surface area contributed by atoms with Crippen LogP contribution >= 0.6 is 0 Å². The third kappa shape index (κ3) is 12.0. The third-order valence-electron chi connectivity index (χ3n) is 6.52. The molecule has 0 spiro atoms. The van der Waals surface area contributed by atoms with Gasteiger partial charge in [-0.3, -0.25) is 4.79 Å². The number of hydrogen-bond donors (Lipinski definition) is 0. The molecule has 1 aromatic rings. The number of carbonyl (C=O) groups excluding carboxylic acids is 2. The second-order valence-corrected chi connectivity index (χ2v) is 9.64. The molecule has 1 aliphatic rings. The van der Waals surface area contributed by atoms with E-state index in [0.717, 1.165) is 56.9 Å². The van der Waals surface area contributed by atoms with E-state index >= 15 is 0 Å². The molecule has 2 rings (SSSR count). The minimum absolute atomic E-state index is 0.314. The Morgan fingerprint density at radius 1 is 0.872 bits per heavy atom. The number of ether oxygens (including phenoxy) is 2. The maximum absolute atomic E-state index is 13.1. The molecule has 212 valence electrons. The summed E-state index contributed by atoms with van der Waals surface area (Å²) in [6, 6.07) is 9.16. The second kappa shape index (κ2) is 19.8. The van der Waals surface area contributed by atoms with Crippen molar-refractivity contribution in [1.29, 1.82) is 0 Å². The molecule has 2 unspecified atom stereocenters. The fourth-order valence-corrected chi connectivity index (χ4v) is 4.32. The number of benzene rings is 1. The summed E-state index contributed by atoms with van der Waals surface area (Å²) in [6.07, 6.45) is 28.7. The Labute approximate surface area is 236 Å². The minimum atomic E-state index is -0.636. The summed E-state index contributed by atoms with van der Waals surface area (Å²) in [5.41, 5.74) is 0.887. The topological polar surface area (TPSA) is 55.8 Å². The normalized spacial score (nSPS) is 18.9. The van der Waals surface area contributed by atoms with Gasteiger partial charge in [0.2, 0.25) is 0 Å². The van der Waals surface area contributed by atoms with Gasteiger partial charge in [0.25, 0.3) is 5.91 Å². The van der Waals surface area contributed by atoms with Crippen LogP contribution < -0.4 is 0 Å². The highest BCUT2D eigenvalue weighted by atomic mass is 16.6. The van der Waals surface area contributed by atoms with Crippen molar-refractivity contribution in [3.63, 3.8) is 0 Å². The van der Waals surface area contributed by atoms with E-state index in [4.69, 9.17) is 9.47 Å². The van der Waals surface area contributed by atoms with Gasteiger partial charge < -0.3 is 9.47 Å². The summed E-state index contributed by atoms with van der Waals surface area (Å²) in [4.78, 5) is 26.8. The van der Waals surface area contributed by atoms with Gasteiger partial charge in [0.15, 0.2) is 0 Å². The number of imide groups is 1. The zero-order valence-corrected chi connectivity index (χ0v) is 24.0. The van der Waals surface area contributed by atoms with Crippen LogP contribution in [0.15, 0.2) is 91.1 Å². The van der Waals surface area contributed by atoms with Crippen molar-refractivity contribution in [2.75, 3.05) is 6.61 Å². The monoisotopic (exact) mass is 533 g/mol. The summed E-state index contributed by atoms with van der Waals surface area (Å²) < 4.78 is 11.4. The highest BCUT2D eigenvalue weighted by Gasteiger charge is 2.45. The number of unbranched alkanes of at least 4 members (excludes halogenated alkanes) is 2. The molecule has 0 saturated carbocycles. The van der Waals surface area contributed by atoms with Crippen molar-refractivity contribution in [1.82, 2.24) is 4.90 Å². The van der Waals surface area contributed by atoms with Crippen LogP contribution in [0.3, 0.4) is 0 Å². The number of cyclic esters (lactones) is 1. The van der Waals surface area contributed by atoms with Gasteiger partial charge in [-0.25, -0.2) is 9.69 Å². The Bertz CT molecular complexity index is 976. The lowest BCUT2D eigenvalue weighted by Gasteiger charge is -2.24. The number of rotatable bonds is 18. The predicted octanol–water partition coefficient (Wildman–Crippen LogP) is 8.81. The van der Waals surface area contributed by atoms with Crippen LogP contribution in [-0.2, 0) is 14.3 Å². The van der Waals surface area contributed by atoms with Gasteiger partial charge in [0.05, 0.1) is 6.04 Å². The molecule has 2 amide bonds. The van der Waals surface area contributed by atoms with Crippen LogP contribution in [-0.4, -0.2) is 35.7 Å². The van der Waals surface area contributed by atoms with Gasteiger partial charge in [-0.15, -0.1) is 0 Å². The molecule has 1 heterocycles. The summed E-state index contributed by atoms with van der Waals surface area (Å²) in [5.74, 6) is -0.314. The van der Waals surface area contributed by atoms with Crippen LogP contribution in [0.2, 0.25) is 0 Å². The van der Waals surface area contributed by atoms with E-state index in [0.29, 0.717) is 13.0 Å². The van der Waals surface area contributed by atoms with Crippen molar-refractivity contribution >= 4 is 12.0 Å². The minimum Gasteiger partial charge on any atom is -0.439 e. The number of amides is 2. The first-order valence-electron chi connectivity index (χ1n) is 14.5. The van der Waals surface area contributed by atoms with Gasteiger partial charge in [0.1, 0.15) is 12.2 Å². The zero-order valence-electron chi connectivity index (χ0n) is 24.0. The van der Waals surface area contributed by atoms with Gasteiger partial charge >= 0.3 is 6.09 Å². The quantitative estimate of drug-likeness (QED) is 0.140. The Morgan fingerprint density at radius 2 is 1.44 bits per heavy atom. The summed E-state index contributed by atoms with van der Waals surface area (Å²) in [5, 5.41) is 0. The Morgan fingerprint density at radius 3 is 2.00 bits per heavy atom. The number of allylic oxidation sites excluding steroid dienone is 10. The molecule has 1 aliphatic heterocycles. The average Bonchev–Trinajstić information content (AvgIpc) is 3.25. The van der Waals surface area contributed by atoms with Gasteiger partial charge in [-0.05, 0) is 70.3 Å². The smallest absolute Gasteiger partial charge is 0.417 e. The largest absolute Gasteiger partial charge is 0.439 e. The van der Waals surface area contributed by atoms with E-state index < -0.39 is 18.3 Å². The van der Waals surface area contributed by atoms with Crippen LogP contribution in [0.25, 0.3) is 0 Å². The molecule has 1 aromatic carbocycles. The van der Waals surface area contributed by atoms with Gasteiger partial charge in [-0.2, -0.15) is 0 Å². The molecule has 5 heteroatoms. The van der Waals surface area contributed by atoms with E-state index in [2.05, 4.69) is 67.7 Å². The van der Waals surface area contributed by atoms with E-state index in [9.17, 15) is 9.59 Å². The van der Waals surface area contributed by atoms with E-state index in [1.807, 2.05) is 44.2 Å². The Kier molecular flexibility index (Phi) is 16.3. The van der Waals surface area contributed by atoms with Crippen LogP contribution in [0, 0.1) is 0 Å². The molecule has 39 heavy (non-hydrogen) atoms. The first-order valence-corrected chi connectivity index (χ1v) is 14.5. The zero-order chi connectivity index (χ0) is 28.1. The Balaban J connectivity index is 1.57. The lowest BCUT2D eigenvalue weighted by molar-refractivity contribution is -0.141. The molecule has 1 fully saturated rings. The first-order chi connectivity index (χ1) is 19.1. The lowest BCUT2D eigenvalue weighted by Crippen LogP contribution is -2.44. The molecule has 5 nitrogen and oxygen atoms in total. The molecular formula is C34H47NO4. The van der Waals surface area contributed by atoms with Crippen molar-refractivity contribution in [2.45, 2.75) is 96.8 Å². The SMILES string of the molecule is CC/C=C\C/C=C\C/C=C\C/C=C\C/C=C\CCCCO[C@H](CC)C(=O)N1C(=O)OC(c2ccccc2)C1C. The van der Waals surface area contributed by atoms with Crippen LogP contribution in [0.5, 0.6) is 0 Å². The predicted molar refractivity (Wildman–Crippen MR) is 160 cm³/mol. The van der Waals surface area contributed by atoms with Crippen molar-refractivity contribution < 1.29 is 19.1 Å². The van der Waals surface area contributed by atoms with Gasteiger partial charge in [-0.1, -0.05) is 105 Å². The van der Waals surface area contributed by atoms with Crippen molar-refractivity contribution in [3.05, 3.63) is 96.7 Å². The second-order valence-electron chi connectivity index (χ2n) is 9.64. The van der Waals surface area contributed by atoms with Gasteiger partial charge in [0, 0.05) is 6.61 Å². The number of nitrogens with zero attached hydrogens (tertiary/aromatic N) is 1. The highest BCUT2D eigenvalue weighted by molar-refractivity contribution is 5.96. The molecule has 1 saturated heterocycles. The standard InChI is InChI=1S/C34H47NO4/c1-4-6-7-8-9-10-11-12-13-14-15-16-17-18-19-20-21-25-28-38-31(5-2)33(36)35-29(3)32(39-34(35)37)30-26-23-22-24-27-30/h6-7,9-10,12-13,15-16,18-19,22-24,26-27,29,31-32H,4-5,8,11,14,17,20-21,25,28H2,1-3H3/b7-6-,10-9-,13-12-,16-15-,19-18-/t29?,31-,32?/m1/s1. The molecule has 3 atom stereocenters. The molecule has 0 aromatic heterocycles. The molecule has 0 bridgehead atoms. The van der Waals surface area contributed by atoms with Crippen LogP contribution in [0.4, 0.5) is 4.79 Å². The fraction of sp³-hybridized carbons (Fsp3) is 0.471. The summed E-state index contributed by atoms with van der Waals surface area (Å²) >= 11 is 0. The van der Waals surface area contributed by atoms with E-state index in [1.54, 1.807) is 0 Å². The molecule has 0 N–H and O–H groups in total. The summed E-state index contributed by atoms with van der Waals surface area (Å²) in [7, 11) is 0. The average molecular weight is 534 g/mol. The van der Waals surface area contributed by atoms with E-state index in [1.165, 1.54) is 4.90 Å². The maximum Gasteiger partial charge on any atom is 0.417 e. The first kappa shape index (κ1) is 32.0. The molecule has 0 aliphatic carbocycles. The van der Waals surface area contributed by atoms with Crippen molar-refractivity contribution in [2.24, 2.45) is 0 Å². The fourth-order valence-electron chi connectivity index (χ4n) is 4.32. The van der Waals surface area contributed by atoms with Crippen molar-refractivity contribution in [3.8, 4) is 0 Å². The maximum atomic E-state index is 13.1. The number of hydrogen-bond acceptors (Lipinski definition) is 4. The lowest BCUT2D eigenvalue weighted by atomic mass is 10.0. The third-order valence-corrected chi connectivity index (χ3v) is 6.52. The van der Waals surface area contributed by atoms with Crippen LogP contribution in [0.1, 0.15) is 90.2 Å². The summed E-state index contributed by atoms with van der Waals surface area (Å²) in [6.45, 7) is 6.39. The number of carbonyl (C=O) groups is 2. The molecular weight excluding hydrogens is 486 g/mol. The highest BCUT2D eigenvalue weighted by Crippen LogP contribution is 2.33. The van der Waals surface area contributed by atoms with E-state index in [-0.39, 0.29) is 11.9 Å². The molecule has 0 radical (unpaired) electrons.